The predicted octanol–water partition coefficient (Wildman–Crippen LogP) is 2.21. The van der Waals surface area contributed by atoms with Gasteiger partial charge in [-0.2, -0.15) is 5.10 Å². The number of nitrogens with zero attached hydrogens (tertiary/aromatic N) is 2. The first kappa shape index (κ1) is 10.1. The molecule has 0 unspecified atom stereocenters. The molecule has 1 aromatic rings. The highest BCUT2D eigenvalue weighted by molar-refractivity contribution is 5.39. The zero-order valence-corrected chi connectivity index (χ0v) is 8.75. The largest absolute Gasteiger partial charge is 0.396 e. The fourth-order valence-corrected chi connectivity index (χ4v) is 1.31. The second-order valence-electron chi connectivity index (χ2n) is 3.97. The summed E-state index contributed by atoms with van der Waals surface area (Å²) in [6.07, 6.45) is 4.34. The van der Waals surface area contributed by atoms with Gasteiger partial charge in [-0.1, -0.05) is 13.8 Å². The summed E-state index contributed by atoms with van der Waals surface area (Å²) in [5.74, 6) is 0.772. The number of aryl methyl sites for hydroxylation is 2. The molecule has 0 aromatic carbocycles. The molecule has 2 N–H and O–H groups in total. The minimum atomic E-state index is 0.772. The van der Waals surface area contributed by atoms with Crippen molar-refractivity contribution in [1.82, 2.24) is 9.78 Å². The molecule has 0 saturated heterocycles. The molecule has 0 amide bonds. The minimum Gasteiger partial charge on any atom is -0.396 e. The van der Waals surface area contributed by atoms with Crippen molar-refractivity contribution >= 4 is 5.69 Å². The van der Waals surface area contributed by atoms with Crippen molar-refractivity contribution < 1.29 is 0 Å². The summed E-state index contributed by atoms with van der Waals surface area (Å²) < 4.78 is 1.94. The lowest BCUT2D eigenvalue weighted by molar-refractivity contribution is 0.489. The molecule has 1 rings (SSSR count). The van der Waals surface area contributed by atoms with E-state index in [9.17, 15) is 0 Å². The van der Waals surface area contributed by atoms with Gasteiger partial charge in [0, 0.05) is 12.7 Å². The van der Waals surface area contributed by atoms with Gasteiger partial charge in [0.2, 0.25) is 0 Å². The molecule has 1 aromatic heterocycles. The highest BCUT2D eigenvalue weighted by atomic mass is 15.3. The Morgan fingerprint density at radius 1 is 1.54 bits per heavy atom. The average molecular weight is 181 g/mol. The van der Waals surface area contributed by atoms with Gasteiger partial charge in [-0.15, -0.1) is 0 Å². The summed E-state index contributed by atoms with van der Waals surface area (Å²) in [7, 11) is 0. The molecule has 13 heavy (non-hydrogen) atoms. The van der Waals surface area contributed by atoms with E-state index >= 15 is 0 Å². The van der Waals surface area contributed by atoms with Gasteiger partial charge in [-0.05, 0) is 25.7 Å². The van der Waals surface area contributed by atoms with Crippen LogP contribution in [0.4, 0.5) is 5.69 Å². The van der Waals surface area contributed by atoms with E-state index < -0.39 is 0 Å². The van der Waals surface area contributed by atoms with Crippen molar-refractivity contribution in [3.05, 3.63) is 11.9 Å². The number of aromatic nitrogens is 2. The quantitative estimate of drug-likeness (QED) is 0.774. The third kappa shape index (κ3) is 3.09. The number of anilines is 1. The van der Waals surface area contributed by atoms with Crippen molar-refractivity contribution in [3.8, 4) is 0 Å². The van der Waals surface area contributed by atoms with Gasteiger partial charge in [0.1, 0.15) is 0 Å². The van der Waals surface area contributed by atoms with E-state index in [1.807, 2.05) is 17.8 Å². The summed E-state index contributed by atoms with van der Waals surface area (Å²) >= 11 is 0. The number of hydrogen-bond donors (Lipinski definition) is 1. The van der Waals surface area contributed by atoms with Crippen LogP contribution in [0.1, 0.15) is 32.4 Å². The molecule has 3 heteroatoms. The Morgan fingerprint density at radius 3 is 2.69 bits per heavy atom. The van der Waals surface area contributed by atoms with E-state index in [1.54, 1.807) is 0 Å². The van der Waals surface area contributed by atoms with E-state index in [4.69, 9.17) is 5.73 Å². The fourth-order valence-electron chi connectivity index (χ4n) is 1.31. The Morgan fingerprint density at radius 2 is 2.23 bits per heavy atom. The van der Waals surface area contributed by atoms with Crippen molar-refractivity contribution in [3.63, 3.8) is 0 Å². The molecule has 0 saturated carbocycles. The van der Waals surface area contributed by atoms with Gasteiger partial charge >= 0.3 is 0 Å². The maximum absolute atomic E-state index is 5.69. The van der Waals surface area contributed by atoms with Crippen molar-refractivity contribution in [2.75, 3.05) is 5.73 Å². The molecule has 74 valence electrons. The van der Waals surface area contributed by atoms with Crippen LogP contribution < -0.4 is 5.73 Å². The first-order valence-corrected chi connectivity index (χ1v) is 4.89. The lowest BCUT2D eigenvalue weighted by atomic mass is 10.1. The Bertz CT molecular complexity index is 244. The molecule has 0 radical (unpaired) electrons. The van der Waals surface area contributed by atoms with E-state index in [0.717, 1.165) is 23.8 Å². The Kier molecular flexibility index (Phi) is 3.34. The van der Waals surface area contributed by atoms with E-state index in [2.05, 4.69) is 18.9 Å². The van der Waals surface area contributed by atoms with Crippen LogP contribution in [-0.2, 0) is 6.54 Å². The molecule has 0 fully saturated rings. The predicted molar refractivity (Wildman–Crippen MR) is 55.4 cm³/mol. The molecule has 0 atom stereocenters. The summed E-state index contributed by atoms with van der Waals surface area (Å²) in [6.45, 7) is 7.40. The Hall–Kier alpha value is -0.990. The second kappa shape index (κ2) is 4.30. The third-order valence-electron chi connectivity index (χ3n) is 2.15. The molecule has 0 bridgehead atoms. The number of hydrogen-bond acceptors (Lipinski definition) is 2. The van der Waals surface area contributed by atoms with Crippen LogP contribution in [0.25, 0.3) is 0 Å². The molecule has 0 aliphatic heterocycles. The smallest absolute Gasteiger partial charge is 0.0822 e. The highest BCUT2D eigenvalue weighted by Crippen LogP contribution is 2.09. The molecule has 1 heterocycles. The summed E-state index contributed by atoms with van der Waals surface area (Å²) in [5, 5.41) is 4.30. The van der Waals surface area contributed by atoms with Gasteiger partial charge in [-0.25, -0.2) is 0 Å². The van der Waals surface area contributed by atoms with Crippen LogP contribution in [-0.4, -0.2) is 9.78 Å². The lowest BCUT2D eigenvalue weighted by Gasteiger charge is -2.03. The number of nitrogen functional groups attached to an aromatic ring is 1. The fraction of sp³-hybridized carbons (Fsp3) is 0.700. The molecule has 0 spiro atoms. The zero-order chi connectivity index (χ0) is 9.84. The van der Waals surface area contributed by atoms with Crippen molar-refractivity contribution in [2.45, 2.75) is 40.2 Å². The highest BCUT2D eigenvalue weighted by Gasteiger charge is 2.00. The maximum Gasteiger partial charge on any atom is 0.0822 e. The SMILES string of the molecule is Cc1nn(CCCC(C)C)cc1N. The monoisotopic (exact) mass is 181 g/mol. The van der Waals surface area contributed by atoms with Gasteiger partial charge < -0.3 is 5.73 Å². The Balaban J connectivity index is 2.37. The minimum absolute atomic E-state index is 0.772. The van der Waals surface area contributed by atoms with Crippen LogP contribution in [0.15, 0.2) is 6.20 Å². The van der Waals surface area contributed by atoms with E-state index in [1.165, 1.54) is 12.8 Å². The maximum atomic E-state index is 5.69. The van der Waals surface area contributed by atoms with Crippen LogP contribution in [0.2, 0.25) is 0 Å². The van der Waals surface area contributed by atoms with Crippen LogP contribution in [0, 0.1) is 12.8 Å². The number of rotatable bonds is 4. The number of nitrogens with two attached hydrogens (primary N) is 1. The first-order valence-electron chi connectivity index (χ1n) is 4.89. The first-order chi connectivity index (χ1) is 6.09. The summed E-state index contributed by atoms with van der Waals surface area (Å²) in [4.78, 5) is 0. The molecule has 3 nitrogen and oxygen atoms in total. The molecular weight excluding hydrogens is 162 g/mol. The standard InChI is InChI=1S/C10H19N3/c1-8(2)5-4-6-13-7-10(11)9(3)12-13/h7-8H,4-6,11H2,1-3H3. The van der Waals surface area contributed by atoms with Gasteiger partial charge in [0.15, 0.2) is 0 Å². The topological polar surface area (TPSA) is 43.8 Å². The normalized spacial score (nSPS) is 11.1. The molecule has 0 aliphatic carbocycles. The summed E-state index contributed by atoms with van der Waals surface area (Å²) in [5.41, 5.74) is 7.42. The van der Waals surface area contributed by atoms with Gasteiger partial charge in [0.25, 0.3) is 0 Å². The van der Waals surface area contributed by atoms with E-state index in [-0.39, 0.29) is 0 Å². The van der Waals surface area contributed by atoms with Crippen LogP contribution >= 0.6 is 0 Å². The molecular formula is C10H19N3. The van der Waals surface area contributed by atoms with Crippen molar-refractivity contribution in [1.29, 1.82) is 0 Å². The van der Waals surface area contributed by atoms with Crippen molar-refractivity contribution in [2.24, 2.45) is 5.92 Å². The Labute approximate surface area is 79.9 Å². The van der Waals surface area contributed by atoms with E-state index in [0.29, 0.717) is 0 Å². The second-order valence-corrected chi connectivity index (χ2v) is 3.97. The summed E-state index contributed by atoms with van der Waals surface area (Å²) in [6, 6.07) is 0. The lowest BCUT2D eigenvalue weighted by Crippen LogP contribution is -2.00. The third-order valence-corrected chi connectivity index (χ3v) is 2.15. The van der Waals surface area contributed by atoms with Gasteiger partial charge in [-0.3, -0.25) is 4.68 Å². The zero-order valence-electron chi connectivity index (χ0n) is 8.75. The van der Waals surface area contributed by atoms with Crippen LogP contribution in [0.5, 0.6) is 0 Å². The van der Waals surface area contributed by atoms with Crippen LogP contribution in [0.3, 0.4) is 0 Å². The average Bonchev–Trinajstić information content (AvgIpc) is 2.30. The van der Waals surface area contributed by atoms with Gasteiger partial charge in [0.05, 0.1) is 11.4 Å². The molecule has 0 aliphatic rings.